The average molecular weight is 334 g/mol. The van der Waals surface area contributed by atoms with Crippen molar-refractivity contribution in [3.63, 3.8) is 0 Å². The maximum absolute atomic E-state index is 12.2. The molecule has 120 valence electrons. The molecule has 1 aliphatic heterocycles. The van der Waals surface area contributed by atoms with Crippen LogP contribution in [0.15, 0.2) is 30.3 Å². The zero-order chi connectivity index (χ0) is 14.4. The standard InChI is InChI=1S/C14H23N3O2S.ClH/c15-14(13-8-4-3-5-9-13)12-16-20(18,19)17-10-6-1-2-7-11-17;/h3-5,8-9,14,16H,1-2,6-7,10-12,15H2;1H. The van der Waals surface area contributed by atoms with Crippen molar-refractivity contribution >= 4 is 22.6 Å². The second-order valence-electron chi connectivity index (χ2n) is 5.18. The van der Waals surface area contributed by atoms with Gasteiger partial charge in [-0.05, 0) is 18.4 Å². The molecule has 1 atom stereocenters. The minimum Gasteiger partial charge on any atom is -0.323 e. The van der Waals surface area contributed by atoms with Crippen molar-refractivity contribution in [3.05, 3.63) is 35.9 Å². The summed E-state index contributed by atoms with van der Waals surface area (Å²) in [5.41, 5.74) is 6.95. The Kier molecular flexibility index (Phi) is 7.62. The van der Waals surface area contributed by atoms with Gasteiger partial charge in [-0.3, -0.25) is 0 Å². The lowest BCUT2D eigenvalue weighted by molar-refractivity contribution is 0.413. The molecule has 2 rings (SSSR count). The van der Waals surface area contributed by atoms with Crippen LogP contribution in [-0.2, 0) is 10.2 Å². The highest BCUT2D eigenvalue weighted by Crippen LogP contribution is 2.13. The molecule has 1 aromatic rings. The van der Waals surface area contributed by atoms with Crippen molar-refractivity contribution in [2.75, 3.05) is 19.6 Å². The smallest absolute Gasteiger partial charge is 0.279 e. The fourth-order valence-corrected chi connectivity index (χ4v) is 3.70. The maximum Gasteiger partial charge on any atom is 0.279 e. The lowest BCUT2D eigenvalue weighted by Gasteiger charge is -2.21. The highest BCUT2D eigenvalue weighted by atomic mass is 35.5. The van der Waals surface area contributed by atoms with E-state index >= 15 is 0 Å². The van der Waals surface area contributed by atoms with Crippen molar-refractivity contribution in [2.24, 2.45) is 5.73 Å². The number of nitrogens with two attached hydrogens (primary N) is 1. The Hall–Kier alpha value is -0.660. The topological polar surface area (TPSA) is 75.4 Å². The van der Waals surface area contributed by atoms with Crippen LogP contribution in [-0.4, -0.2) is 32.4 Å². The normalized spacial score (nSPS) is 18.5. The third-order valence-electron chi connectivity index (χ3n) is 3.62. The molecule has 0 spiro atoms. The highest BCUT2D eigenvalue weighted by Gasteiger charge is 2.23. The first-order valence-corrected chi connectivity index (χ1v) is 8.59. The van der Waals surface area contributed by atoms with E-state index in [1.165, 1.54) is 4.31 Å². The van der Waals surface area contributed by atoms with Crippen LogP contribution in [0.25, 0.3) is 0 Å². The van der Waals surface area contributed by atoms with E-state index in [0.29, 0.717) is 13.1 Å². The van der Waals surface area contributed by atoms with Crippen molar-refractivity contribution in [1.82, 2.24) is 9.03 Å². The molecule has 0 aliphatic carbocycles. The van der Waals surface area contributed by atoms with E-state index in [-0.39, 0.29) is 25.0 Å². The molecule has 1 aliphatic rings. The molecule has 1 heterocycles. The van der Waals surface area contributed by atoms with Crippen LogP contribution in [0.5, 0.6) is 0 Å². The van der Waals surface area contributed by atoms with E-state index in [2.05, 4.69) is 4.72 Å². The van der Waals surface area contributed by atoms with Crippen LogP contribution in [0, 0.1) is 0 Å². The summed E-state index contributed by atoms with van der Waals surface area (Å²) in [5, 5.41) is 0. The predicted molar refractivity (Wildman–Crippen MR) is 87.6 cm³/mol. The average Bonchev–Trinajstić information content (AvgIpc) is 2.75. The van der Waals surface area contributed by atoms with Gasteiger partial charge in [-0.15, -0.1) is 12.4 Å². The summed E-state index contributed by atoms with van der Waals surface area (Å²) in [6.45, 7) is 1.44. The number of benzene rings is 1. The molecule has 0 amide bonds. The molecular formula is C14H24ClN3O2S. The number of nitrogens with one attached hydrogen (secondary N) is 1. The molecule has 3 N–H and O–H groups in total. The molecule has 21 heavy (non-hydrogen) atoms. The third kappa shape index (κ3) is 5.56. The molecule has 0 bridgehead atoms. The van der Waals surface area contributed by atoms with Crippen molar-refractivity contribution < 1.29 is 8.42 Å². The molecule has 0 saturated carbocycles. The Morgan fingerprint density at radius 1 is 1.10 bits per heavy atom. The minimum absolute atomic E-state index is 0. The number of hydrogen-bond donors (Lipinski definition) is 2. The summed E-state index contributed by atoms with van der Waals surface area (Å²) in [5.74, 6) is 0. The first-order chi connectivity index (χ1) is 9.59. The first-order valence-electron chi connectivity index (χ1n) is 7.15. The van der Waals surface area contributed by atoms with Gasteiger partial charge in [0.2, 0.25) is 0 Å². The summed E-state index contributed by atoms with van der Waals surface area (Å²) in [7, 11) is -3.41. The molecule has 0 radical (unpaired) electrons. The lowest BCUT2D eigenvalue weighted by Crippen LogP contribution is -2.43. The fraction of sp³-hybridized carbons (Fsp3) is 0.571. The van der Waals surface area contributed by atoms with Gasteiger partial charge in [0, 0.05) is 25.7 Å². The van der Waals surface area contributed by atoms with Crippen LogP contribution in [0.2, 0.25) is 0 Å². The van der Waals surface area contributed by atoms with E-state index in [9.17, 15) is 8.42 Å². The van der Waals surface area contributed by atoms with Crippen molar-refractivity contribution in [2.45, 2.75) is 31.7 Å². The van der Waals surface area contributed by atoms with E-state index in [0.717, 1.165) is 31.2 Å². The molecule has 1 saturated heterocycles. The zero-order valence-electron chi connectivity index (χ0n) is 12.1. The molecule has 0 aromatic heterocycles. The van der Waals surface area contributed by atoms with Crippen LogP contribution < -0.4 is 10.5 Å². The Morgan fingerprint density at radius 3 is 2.24 bits per heavy atom. The van der Waals surface area contributed by atoms with Crippen LogP contribution >= 0.6 is 12.4 Å². The van der Waals surface area contributed by atoms with Gasteiger partial charge in [0.15, 0.2) is 0 Å². The molecule has 1 aromatic carbocycles. The Morgan fingerprint density at radius 2 is 1.67 bits per heavy atom. The first kappa shape index (κ1) is 18.4. The lowest BCUT2D eigenvalue weighted by atomic mass is 10.1. The van der Waals surface area contributed by atoms with Crippen LogP contribution in [0.1, 0.15) is 37.3 Å². The number of halogens is 1. The monoisotopic (exact) mass is 333 g/mol. The minimum atomic E-state index is -3.41. The fourth-order valence-electron chi connectivity index (χ4n) is 2.39. The van der Waals surface area contributed by atoms with Gasteiger partial charge < -0.3 is 5.73 Å². The predicted octanol–water partition coefficient (Wildman–Crippen LogP) is 1.82. The zero-order valence-corrected chi connectivity index (χ0v) is 13.7. The summed E-state index contributed by atoms with van der Waals surface area (Å²) in [6.07, 6.45) is 4.09. The Labute approximate surface area is 133 Å². The second-order valence-corrected chi connectivity index (χ2v) is 6.94. The summed E-state index contributed by atoms with van der Waals surface area (Å²) in [4.78, 5) is 0. The second kappa shape index (κ2) is 8.70. The van der Waals surface area contributed by atoms with Crippen LogP contribution in [0.3, 0.4) is 0 Å². The van der Waals surface area contributed by atoms with Gasteiger partial charge in [-0.1, -0.05) is 43.2 Å². The SMILES string of the molecule is Cl.NC(CNS(=O)(=O)N1CCCCCC1)c1ccccc1. The molecular weight excluding hydrogens is 310 g/mol. The van der Waals surface area contributed by atoms with Gasteiger partial charge in [0.25, 0.3) is 10.2 Å². The van der Waals surface area contributed by atoms with E-state index in [1.807, 2.05) is 30.3 Å². The van der Waals surface area contributed by atoms with Gasteiger partial charge in [0.05, 0.1) is 0 Å². The van der Waals surface area contributed by atoms with E-state index < -0.39 is 10.2 Å². The third-order valence-corrected chi connectivity index (χ3v) is 5.19. The Balaban J connectivity index is 0.00000220. The summed E-state index contributed by atoms with van der Waals surface area (Å²) < 4.78 is 28.6. The highest BCUT2D eigenvalue weighted by molar-refractivity contribution is 7.87. The Bertz CT molecular complexity index is 502. The van der Waals surface area contributed by atoms with Crippen molar-refractivity contribution in [1.29, 1.82) is 0 Å². The maximum atomic E-state index is 12.2. The van der Waals surface area contributed by atoms with Gasteiger partial charge in [-0.25, -0.2) is 4.72 Å². The molecule has 1 unspecified atom stereocenters. The van der Waals surface area contributed by atoms with E-state index in [4.69, 9.17) is 5.73 Å². The number of hydrogen-bond acceptors (Lipinski definition) is 3. The van der Waals surface area contributed by atoms with Gasteiger partial charge in [-0.2, -0.15) is 12.7 Å². The van der Waals surface area contributed by atoms with Gasteiger partial charge in [0.1, 0.15) is 0 Å². The molecule has 7 heteroatoms. The number of rotatable bonds is 5. The molecule has 1 fully saturated rings. The van der Waals surface area contributed by atoms with E-state index in [1.54, 1.807) is 0 Å². The van der Waals surface area contributed by atoms with Crippen molar-refractivity contribution in [3.8, 4) is 0 Å². The van der Waals surface area contributed by atoms with Crippen LogP contribution in [0.4, 0.5) is 0 Å². The summed E-state index contributed by atoms with van der Waals surface area (Å²) in [6, 6.07) is 9.21. The number of nitrogens with zero attached hydrogens (tertiary/aromatic N) is 1. The molecule has 5 nitrogen and oxygen atoms in total. The largest absolute Gasteiger partial charge is 0.323 e. The quantitative estimate of drug-likeness (QED) is 0.863. The van der Waals surface area contributed by atoms with Gasteiger partial charge >= 0.3 is 0 Å². The summed E-state index contributed by atoms with van der Waals surface area (Å²) >= 11 is 0.